The van der Waals surface area contributed by atoms with Gasteiger partial charge in [-0.15, -0.1) is 0 Å². The first kappa shape index (κ1) is 23.5. The Morgan fingerprint density at radius 2 is 0.737 bits per heavy atom. The molecule has 0 amide bonds. The Labute approximate surface area is 225 Å². The van der Waals surface area contributed by atoms with Crippen LogP contribution in [-0.4, -0.2) is 7.05 Å². The lowest BCUT2D eigenvalue weighted by molar-refractivity contribution is 1.21. The molecule has 0 aliphatic rings. The molecule has 0 fully saturated rings. The number of anilines is 2. The Kier molecular flexibility index (Phi) is 6.57. The fraction of sp³-hybridized carbons (Fsp3) is 0.0270. The largest absolute Gasteiger partial charge is 0.345 e. The predicted molar refractivity (Wildman–Crippen MR) is 163 cm³/mol. The SMILES string of the molecule is CN(c1ccc(-c2ccc(-c3ccccc3)cc2)cc1)c1cccc(-c2ccccc2-c2ccccc2)c1. The summed E-state index contributed by atoms with van der Waals surface area (Å²) in [5, 5.41) is 0. The number of hydrogen-bond acceptors (Lipinski definition) is 1. The summed E-state index contributed by atoms with van der Waals surface area (Å²) in [5.41, 5.74) is 12.2. The summed E-state index contributed by atoms with van der Waals surface area (Å²) >= 11 is 0. The van der Waals surface area contributed by atoms with Crippen molar-refractivity contribution in [1.29, 1.82) is 0 Å². The summed E-state index contributed by atoms with van der Waals surface area (Å²) in [6.07, 6.45) is 0. The van der Waals surface area contributed by atoms with Crippen molar-refractivity contribution >= 4 is 11.4 Å². The topological polar surface area (TPSA) is 3.24 Å². The van der Waals surface area contributed by atoms with Gasteiger partial charge in [-0.2, -0.15) is 0 Å². The van der Waals surface area contributed by atoms with E-state index in [0.29, 0.717) is 0 Å². The number of nitrogens with zero attached hydrogens (tertiary/aromatic N) is 1. The summed E-state index contributed by atoms with van der Waals surface area (Å²) in [7, 11) is 2.13. The molecule has 6 rings (SSSR count). The van der Waals surface area contributed by atoms with Gasteiger partial charge in [0.1, 0.15) is 0 Å². The van der Waals surface area contributed by atoms with Gasteiger partial charge in [0.05, 0.1) is 0 Å². The van der Waals surface area contributed by atoms with Crippen molar-refractivity contribution in [2.75, 3.05) is 11.9 Å². The van der Waals surface area contributed by atoms with Crippen molar-refractivity contribution in [2.45, 2.75) is 0 Å². The highest BCUT2D eigenvalue weighted by Crippen LogP contribution is 2.35. The molecule has 6 aromatic carbocycles. The molecule has 0 aliphatic carbocycles. The van der Waals surface area contributed by atoms with Gasteiger partial charge in [0.15, 0.2) is 0 Å². The minimum atomic E-state index is 1.16. The van der Waals surface area contributed by atoms with Crippen LogP contribution in [0.2, 0.25) is 0 Å². The lowest BCUT2D eigenvalue weighted by Gasteiger charge is -2.21. The summed E-state index contributed by atoms with van der Waals surface area (Å²) in [4.78, 5) is 2.25. The molecule has 0 spiro atoms. The maximum Gasteiger partial charge on any atom is 0.0414 e. The van der Waals surface area contributed by atoms with Crippen LogP contribution in [0.5, 0.6) is 0 Å². The number of hydrogen-bond donors (Lipinski definition) is 0. The van der Waals surface area contributed by atoms with E-state index in [1.54, 1.807) is 0 Å². The standard InChI is InChI=1S/C37H29N/c1-38(34-25-23-31(24-26-34)30-21-19-29(20-22-30)28-11-4-2-5-12-28)35-16-10-15-33(27-35)37-18-9-8-17-36(37)32-13-6-3-7-14-32/h2-27H,1H3. The Hall–Kier alpha value is -4.88. The zero-order valence-electron chi connectivity index (χ0n) is 21.5. The van der Waals surface area contributed by atoms with Crippen LogP contribution >= 0.6 is 0 Å². The van der Waals surface area contributed by atoms with Crippen LogP contribution in [0.4, 0.5) is 11.4 Å². The van der Waals surface area contributed by atoms with E-state index in [0.717, 1.165) is 11.4 Å². The van der Waals surface area contributed by atoms with E-state index < -0.39 is 0 Å². The van der Waals surface area contributed by atoms with Crippen molar-refractivity contribution in [2.24, 2.45) is 0 Å². The Morgan fingerprint density at radius 3 is 1.32 bits per heavy atom. The monoisotopic (exact) mass is 487 g/mol. The molecule has 0 saturated heterocycles. The predicted octanol–water partition coefficient (Wildman–Crippen LogP) is 10.1. The van der Waals surface area contributed by atoms with Gasteiger partial charge < -0.3 is 4.90 Å². The molecule has 1 heteroatoms. The van der Waals surface area contributed by atoms with Crippen LogP contribution in [0.25, 0.3) is 44.5 Å². The molecule has 0 unspecified atom stereocenters. The quantitative estimate of drug-likeness (QED) is 0.226. The summed E-state index contributed by atoms with van der Waals surface area (Å²) in [6.45, 7) is 0. The average Bonchev–Trinajstić information content (AvgIpc) is 3.02. The molecule has 0 aliphatic heterocycles. The molecule has 0 atom stereocenters. The Morgan fingerprint density at radius 1 is 0.316 bits per heavy atom. The molecule has 0 radical (unpaired) electrons. The van der Waals surface area contributed by atoms with E-state index in [1.165, 1.54) is 44.5 Å². The van der Waals surface area contributed by atoms with Crippen LogP contribution in [0.1, 0.15) is 0 Å². The first-order valence-electron chi connectivity index (χ1n) is 13.0. The zero-order valence-corrected chi connectivity index (χ0v) is 21.5. The van der Waals surface area contributed by atoms with E-state index in [1.807, 2.05) is 0 Å². The summed E-state index contributed by atoms with van der Waals surface area (Å²) in [5.74, 6) is 0. The average molecular weight is 488 g/mol. The Balaban J connectivity index is 1.24. The minimum absolute atomic E-state index is 1.16. The number of benzene rings is 6. The third-order valence-corrected chi connectivity index (χ3v) is 7.14. The van der Waals surface area contributed by atoms with Gasteiger partial charge in [-0.05, 0) is 68.8 Å². The van der Waals surface area contributed by atoms with E-state index in [9.17, 15) is 0 Å². The number of rotatable bonds is 6. The molecule has 1 nitrogen and oxygen atoms in total. The normalized spacial score (nSPS) is 10.8. The van der Waals surface area contributed by atoms with Crippen molar-refractivity contribution in [1.82, 2.24) is 0 Å². The lowest BCUT2D eigenvalue weighted by atomic mass is 9.94. The van der Waals surface area contributed by atoms with Gasteiger partial charge in [-0.3, -0.25) is 0 Å². The fourth-order valence-electron chi connectivity index (χ4n) is 5.00. The second kappa shape index (κ2) is 10.6. The molecule has 182 valence electrons. The smallest absolute Gasteiger partial charge is 0.0414 e. The molecule has 6 aromatic rings. The highest BCUT2D eigenvalue weighted by molar-refractivity contribution is 5.85. The molecule has 38 heavy (non-hydrogen) atoms. The molecule has 0 aromatic heterocycles. The van der Waals surface area contributed by atoms with Crippen LogP contribution in [0.15, 0.2) is 158 Å². The first-order valence-corrected chi connectivity index (χ1v) is 13.0. The van der Waals surface area contributed by atoms with Gasteiger partial charge in [0.25, 0.3) is 0 Å². The van der Waals surface area contributed by atoms with Crippen molar-refractivity contribution in [3.8, 4) is 44.5 Å². The minimum Gasteiger partial charge on any atom is -0.345 e. The Bertz CT molecular complexity index is 1630. The maximum atomic E-state index is 2.28. The van der Waals surface area contributed by atoms with E-state index in [4.69, 9.17) is 0 Å². The molecular formula is C37H29N. The third-order valence-electron chi connectivity index (χ3n) is 7.14. The van der Waals surface area contributed by atoms with Crippen molar-refractivity contribution < 1.29 is 0 Å². The zero-order chi connectivity index (χ0) is 25.7. The van der Waals surface area contributed by atoms with Gasteiger partial charge in [-0.1, -0.05) is 133 Å². The molecule has 0 N–H and O–H groups in total. The van der Waals surface area contributed by atoms with Crippen LogP contribution in [-0.2, 0) is 0 Å². The summed E-state index contributed by atoms with van der Waals surface area (Å²) < 4.78 is 0. The van der Waals surface area contributed by atoms with Crippen LogP contribution < -0.4 is 4.90 Å². The first-order chi connectivity index (χ1) is 18.8. The van der Waals surface area contributed by atoms with E-state index >= 15 is 0 Å². The van der Waals surface area contributed by atoms with Gasteiger partial charge in [-0.25, -0.2) is 0 Å². The van der Waals surface area contributed by atoms with E-state index in [2.05, 4.69) is 170 Å². The van der Waals surface area contributed by atoms with Crippen LogP contribution in [0, 0.1) is 0 Å². The van der Waals surface area contributed by atoms with Crippen LogP contribution in [0.3, 0.4) is 0 Å². The molecule has 0 heterocycles. The summed E-state index contributed by atoms with van der Waals surface area (Å²) in [6, 6.07) is 56.1. The highest BCUT2D eigenvalue weighted by atomic mass is 15.1. The van der Waals surface area contributed by atoms with Crippen molar-refractivity contribution in [3.63, 3.8) is 0 Å². The highest BCUT2D eigenvalue weighted by Gasteiger charge is 2.10. The van der Waals surface area contributed by atoms with Gasteiger partial charge in [0.2, 0.25) is 0 Å². The van der Waals surface area contributed by atoms with E-state index in [-0.39, 0.29) is 0 Å². The molecular weight excluding hydrogens is 458 g/mol. The van der Waals surface area contributed by atoms with Gasteiger partial charge in [0, 0.05) is 18.4 Å². The molecule has 0 bridgehead atoms. The maximum absolute atomic E-state index is 2.28. The third kappa shape index (κ3) is 4.87. The second-order valence-electron chi connectivity index (χ2n) is 9.51. The fourth-order valence-corrected chi connectivity index (χ4v) is 5.00. The molecule has 0 saturated carbocycles. The van der Waals surface area contributed by atoms with Gasteiger partial charge >= 0.3 is 0 Å². The lowest BCUT2D eigenvalue weighted by Crippen LogP contribution is -2.09. The van der Waals surface area contributed by atoms with Crippen molar-refractivity contribution in [3.05, 3.63) is 158 Å². The second-order valence-corrected chi connectivity index (χ2v) is 9.51.